The molecular weight excluding hydrogens is 410 g/mol. The molecule has 0 bridgehead atoms. The highest BCUT2D eigenvalue weighted by Gasteiger charge is 2.74. The highest BCUT2D eigenvalue weighted by molar-refractivity contribution is 5.88. The third-order valence-electron chi connectivity index (χ3n) is 7.34. The summed E-state index contributed by atoms with van der Waals surface area (Å²) >= 11 is 0. The summed E-state index contributed by atoms with van der Waals surface area (Å²) in [5.41, 5.74) is 0.235. The van der Waals surface area contributed by atoms with Gasteiger partial charge in [0.05, 0.1) is 30.2 Å². The Kier molecular flexibility index (Phi) is 4.19. The zero-order chi connectivity index (χ0) is 22.0. The number of ketones is 1. The Bertz CT molecular complexity index is 1270. The van der Waals surface area contributed by atoms with E-state index < -0.39 is 23.7 Å². The third kappa shape index (κ3) is 2.73. The molecule has 3 aromatic rings. The van der Waals surface area contributed by atoms with E-state index in [9.17, 15) is 15.0 Å². The Balaban J connectivity index is 1.45. The average Bonchev–Trinajstić information content (AvgIpc) is 3.03. The van der Waals surface area contributed by atoms with Crippen LogP contribution in [0.15, 0.2) is 29.1 Å². The molecule has 0 amide bonds. The Hall–Kier alpha value is -3.22. The van der Waals surface area contributed by atoms with Crippen LogP contribution in [0.25, 0.3) is 11.2 Å². The van der Waals surface area contributed by atoms with E-state index in [1.807, 2.05) is 0 Å². The maximum atomic E-state index is 12.3. The van der Waals surface area contributed by atoms with E-state index in [0.717, 1.165) is 12.8 Å². The van der Waals surface area contributed by atoms with Crippen molar-refractivity contribution in [3.8, 4) is 11.8 Å². The zero-order valence-electron chi connectivity index (χ0n) is 17.5. The van der Waals surface area contributed by atoms with E-state index in [1.54, 1.807) is 29.3 Å². The minimum atomic E-state index is -1.10. The minimum Gasteiger partial charge on any atom is -0.456 e. The molecule has 3 aromatic heterocycles. The van der Waals surface area contributed by atoms with Gasteiger partial charge in [0.1, 0.15) is 11.9 Å². The molecule has 0 saturated heterocycles. The molecule has 0 spiro atoms. The second-order valence-electron chi connectivity index (χ2n) is 9.05. The maximum absolute atomic E-state index is 12.3. The lowest BCUT2D eigenvalue weighted by atomic mass is 9.93. The number of nitrogens with one attached hydrogen (secondary N) is 1. The van der Waals surface area contributed by atoms with Crippen molar-refractivity contribution in [2.75, 3.05) is 5.32 Å². The van der Waals surface area contributed by atoms with E-state index in [-0.39, 0.29) is 11.7 Å². The van der Waals surface area contributed by atoms with Crippen molar-refractivity contribution in [1.29, 1.82) is 0 Å². The highest BCUT2D eigenvalue weighted by atomic mass is 16.3. The summed E-state index contributed by atoms with van der Waals surface area (Å²) < 4.78 is 7.05. The van der Waals surface area contributed by atoms with Crippen LogP contribution in [0.1, 0.15) is 50.2 Å². The van der Waals surface area contributed by atoms with Gasteiger partial charge in [0.25, 0.3) is 0 Å². The first-order valence-corrected chi connectivity index (χ1v) is 10.9. The number of aliphatic hydroxyl groups excluding tert-OH is 2. The summed E-state index contributed by atoms with van der Waals surface area (Å²) in [5.74, 6) is 7.04. The average molecular weight is 433 g/mol. The van der Waals surface area contributed by atoms with Crippen molar-refractivity contribution < 1.29 is 19.4 Å². The Morgan fingerprint density at radius 1 is 1.31 bits per heavy atom. The number of hydrogen-bond acceptors (Lipinski definition) is 8. The number of Topliss-reactive ketones (excluding diaryl/α,β-unsaturated/α-hetero) is 1. The molecule has 9 nitrogen and oxygen atoms in total. The van der Waals surface area contributed by atoms with Crippen LogP contribution in [0.4, 0.5) is 5.82 Å². The second kappa shape index (κ2) is 6.89. The number of anilines is 1. The van der Waals surface area contributed by atoms with E-state index in [4.69, 9.17) is 4.42 Å². The van der Waals surface area contributed by atoms with Gasteiger partial charge in [-0.3, -0.25) is 4.79 Å². The molecule has 0 radical (unpaired) electrons. The first-order chi connectivity index (χ1) is 15.5. The molecule has 2 unspecified atom stereocenters. The van der Waals surface area contributed by atoms with Gasteiger partial charge in [-0.05, 0) is 62.5 Å². The SMILES string of the molecule is CC(=O)[C@]12CC1[C@@H](n1cnc3c(NC4CCC4)nc(C#Cc4ccco4)nc31)[C@H](O)C2O. The molecule has 32 heavy (non-hydrogen) atoms. The molecule has 0 aromatic carbocycles. The summed E-state index contributed by atoms with van der Waals surface area (Å²) in [5, 5.41) is 24.9. The van der Waals surface area contributed by atoms with E-state index >= 15 is 0 Å². The van der Waals surface area contributed by atoms with Gasteiger partial charge in [-0.1, -0.05) is 0 Å². The summed E-state index contributed by atoms with van der Waals surface area (Å²) in [6.45, 7) is 1.48. The fourth-order valence-electron chi connectivity index (χ4n) is 5.28. The number of rotatable bonds is 4. The Morgan fingerprint density at radius 2 is 2.16 bits per heavy atom. The van der Waals surface area contributed by atoms with Gasteiger partial charge in [0, 0.05) is 6.04 Å². The molecule has 3 aliphatic carbocycles. The standard InChI is InChI=1S/C23H23N5O4/c1-12(29)23-10-15(23)18(19(30)20(23)31)28-11-24-17-21(25-13-4-2-5-13)26-16(27-22(17)28)8-7-14-6-3-9-32-14/h3,6,9,11,13,15,18-20,30-31H,2,4-5,10H2,1H3,(H,25,26,27)/t15?,18-,19+,20?,23-/m1/s1. The number of carbonyl (C=O) groups excluding carboxylic acids is 1. The molecule has 3 heterocycles. The van der Waals surface area contributed by atoms with Gasteiger partial charge in [0.2, 0.25) is 5.82 Å². The van der Waals surface area contributed by atoms with E-state index in [0.29, 0.717) is 41.0 Å². The topological polar surface area (TPSA) is 126 Å². The monoisotopic (exact) mass is 433 g/mol. The highest BCUT2D eigenvalue weighted by Crippen LogP contribution is 2.68. The number of nitrogens with zero attached hydrogens (tertiary/aromatic N) is 4. The number of aromatic nitrogens is 4. The van der Waals surface area contributed by atoms with Gasteiger partial charge in [-0.25, -0.2) is 15.0 Å². The lowest BCUT2D eigenvalue weighted by Crippen LogP contribution is -2.36. The first-order valence-electron chi connectivity index (χ1n) is 10.9. The van der Waals surface area contributed by atoms with Crippen LogP contribution in [0.3, 0.4) is 0 Å². The van der Waals surface area contributed by atoms with Crippen molar-refractivity contribution >= 4 is 22.8 Å². The second-order valence-corrected chi connectivity index (χ2v) is 9.05. The number of hydrogen-bond donors (Lipinski definition) is 3. The van der Waals surface area contributed by atoms with Gasteiger partial charge < -0.3 is 24.5 Å². The van der Waals surface area contributed by atoms with Crippen LogP contribution < -0.4 is 5.32 Å². The number of imidazole rings is 1. The van der Waals surface area contributed by atoms with Crippen molar-refractivity contribution in [3.63, 3.8) is 0 Å². The molecule has 6 rings (SSSR count). The quantitative estimate of drug-likeness (QED) is 0.530. The Labute approximate surface area is 183 Å². The lowest BCUT2D eigenvalue weighted by molar-refractivity contribution is -0.128. The summed E-state index contributed by atoms with van der Waals surface area (Å²) in [6, 6.07) is 3.36. The van der Waals surface area contributed by atoms with Gasteiger partial charge in [-0.2, -0.15) is 0 Å². The zero-order valence-corrected chi connectivity index (χ0v) is 17.5. The molecular formula is C23H23N5O4. The molecule has 3 fully saturated rings. The number of aliphatic hydroxyl groups is 2. The molecule has 3 saturated carbocycles. The Morgan fingerprint density at radius 3 is 2.81 bits per heavy atom. The third-order valence-corrected chi connectivity index (χ3v) is 7.34. The number of furan rings is 1. The summed E-state index contributed by atoms with van der Waals surface area (Å²) in [4.78, 5) is 26.0. The van der Waals surface area contributed by atoms with Crippen LogP contribution >= 0.6 is 0 Å². The largest absolute Gasteiger partial charge is 0.456 e. The van der Waals surface area contributed by atoms with Crippen molar-refractivity contribution in [2.45, 2.75) is 56.9 Å². The normalized spacial score (nSPS) is 31.0. The predicted molar refractivity (Wildman–Crippen MR) is 114 cm³/mol. The van der Waals surface area contributed by atoms with E-state index in [1.165, 1.54) is 13.3 Å². The molecule has 3 aliphatic rings. The summed E-state index contributed by atoms with van der Waals surface area (Å²) in [6.07, 6.45) is 4.85. The predicted octanol–water partition coefficient (Wildman–Crippen LogP) is 1.66. The molecule has 3 N–H and O–H groups in total. The van der Waals surface area contributed by atoms with Crippen LogP contribution in [0.5, 0.6) is 0 Å². The minimum absolute atomic E-state index is 0.0899. The lowest BCUT2D eigenvalue weighted by Gasteiger charge is -2.27. The maximum Gasteiger partial charge on any atom is 0.209 e. The van der Waals surface area contributed by atoms with Crippen LogP contribution in [-0.4, -0.2) is 53.8 Å². The molecule has 0 aliphatic heterocycles. The van der Waals surface area contributed by atoms with Crippen molar-refractivity contribution in [1.82, 2.24) is 19.5 Å². The van der Waals surface area contributed by atoms with Crippen molar-refractivity contribution in [3.05, 3.63) is 36.3 Å². The van der Waals surface area contributed by atoms with Gasteiger partial charge >= 0.3 is 0 Å². The van der Waals surface area contributed by atoms with E-state index in [2.05, 4.69) is 32.1 Å². The first kappa shape index (κ1) is 19.5. The molecule has 164 valence electrons. The van der Waals surface area contributed by atoms with Gasteiger partial charge in [0.15, 0.2) is 22.7 Å². The summed E-state index contributed by atoms with van der Waals surface area (Å²) in [7, 11) is 0. The number of carbonyl (C=O) groups is 1. The fourth-order valence-corrected chi connectivity index (χ4v) is 5.28. The fraction of sp³-hybridized carbons (Fsp3) is 0.478. The molecule has 9 heteroatoms. The van der Waals surface area contributed by atoms with Crippen LogP contribution in [0.2, 0.25) is 0 Å². The van der Waals surface area contributed by atoms with Crippen molar-refractivity contribution in [2.24, 2.45) is 11.3 Å². The molecule has 5 atom stereocenters. The smallest absolute Gasteiger partial charge is 0.209 e. The van der Waals surface area contributed by atoms with Crippen LogP contribution in [-0.2, 0) is 4.79 Å². The number of fused-ring (bicyclic) bond motifs is 2. The van der Waals surface area contributed by atoms with Gasteiger partial charge in [-0.15, -0.1) is 0 Å². The van der Waals surface area contributed by atoms with Crippen LogP contribution in [0, 0.1) is 23.2 Å².